The Hall–Kier alpha value is -2.05. The molecular formula is C14H20N4O3. The number of aromatic nitrogens is 2. The predicted octanol–water partition coefficient (Wildman–Crippen LogP) is 0.920. The normalized spacial score (nSPS) is 17.9. The molecule has 1 aromatic rings. The summed E-state index contributed by atoms with van der Waals surface area (Å²) in [7, 11) is 0. The topological polar surface area (TPSA) is 76.5 Å². The maximum Gasteiger partial charge on any atom is 0.410 e. The molecule has 0 fully saturated rings. The van der Waals surface area contributed by atoms with Crippen LogP contribution in [0.25, 0.3) is 0 Å². The molecule has 7 heteroatoms. The van der Waals surface area contributed by atoms with Gasteiger partial charge in [0.05, 0.1) is 18.8 Å². The number of nitrogens with one attached hydrogen (secondary N) is 1. The van der Waals surface area contributed by atoms with Crippen molar-refractivity contribution in [2.45, 2.75) is 45.9 Å². The van der Waals surface area contributed by atoms with Crippen LogP contribution in [0.2, 0.25) is 0 Å². The van der Waals surface area contributed by atoms with E-state index in [1.165, 1.54) is 0 Å². The van der Waals surface area contributed by atoms with Crippen LogP contribution in [0.5, 0.6) is 0 Å². The largest absolute Gasteiger partial charge is 0.444 e. The summed E-state index contributed by atoms with van der Waals surface area (Å²) in [5.74, 6) is -0.110. The van der Waals surface area contributed by atoms with Crippen molar-refractivity contribution in [3.05, 3.63) is 17.0 Å². The van der Waals surface area contributed by atoms with E-state index in [0.717, 1.165) is 11.3 Å². The molecule has 2 amide bonds. The van der Waals surface area contributed by atoms with Crippen molar-refractivity contribution in [3.63, 3.8) is 0 Å². The maximum absolute atomic E-state index is 12.2. The Kier molecular flexibility index (Phi) is 3.15. The van der Waals surface area contributed by atoms with Crippen molar-refractivity contribution in [2.75, 3.05) is 13.1 Å². The lowest BCUT2D eigenvalue weighted by Crippen LogP contribution is -2.41. The molecule has 0 saturated heterocycles. The summed E-state index contributed by atoms with van der Waals surface area (Å²) in [4.78, 5) is 25.8. The minimum absolute atomic E-state index is 0.110. The van der Waals surface area contributed by atoms with Gasteiger partial charge in [0.15, 0.2) is 0 Å². The van der Waals surface area contributed by atoms with Gasteiger partial charge in [-0.25, -0.2) is 4.79 Å². The standard InChI is InChI=1S/C14H20N4O3/c1-14(2,3)21-13(20)17-6-4-10-9(8-17)11-12(19)15-5-7-18(11)16-10/h4-8H2,1-3H3,(H,15,19). The van der Waals surface area contributed by atoms with Gasteiger partial charge in [0.2, 0.25) is 0 Å². The van der Waals surface area contributed by atoms with Crippen LogP contribution in [-0.4, -0.2) is 45.4 Å². The molecule has 7 nitrogen and oxygen atoms in total. The number of ether oxygens (including phenoxy) is 1. The SMILES string of the molecule is CC(C)(C)OC(=O)N1CCc2nn3c(c2C1)C(=O)NCC3. The zero-order valence-corrected chi connectivity index (χ0v) is 12.6. The average Bonchev–Trinajstić information content (AvgIpc) is 2.75. The highest BCUT2D eigenvalue weighted by Crippen LogP contribution is 2.24. The van der Waals surface area contributed by atoms with Gasteiger partial charge in [-0.1, -0.05) is 0 Å². The summed E-state index contributed by atoms with van der Waals surface area (Å²) in [6.45, 7) is 7.76. The van der Waals surface area contributed by atoms with Gasteiger partial charge in [-0.2, -0.15) is 5.10 Å². The maximum atomic E-state index is 12.2. The van der Waals surface area contributed by atoms with Crippen LogP contribution in [-0.2, 0) is 24.2 Å². The molecule has 0 radical (unpaired) electrons. The van der Waals surface area contributed by atoms with E-state index in [-0.39, 0.29) is 12.0 Å². The van der Waals surface area contributed by atoms with Crippen LogP contribution < -0.4 is 5.32 Å². The molecule has 3 heterocycles. The lowest BCUT2D eigenvalue weighted by atomic mass is 10.0. The Bertz CT molecular complexity index is 600. The molecule has 0 spiro atoms. The highest BCUT2D eigenvalue weighted by molar-refractivity contribution is 5.95. The average molecular weight is 292 g/mol. The Morgan fingerprint density at radius 2 is 2.10 bits per heavy atom. The first-order valence-corrected chi connectivity index (χ1v) is 7.20. The van der Waals surface area contributed by atoms with Crippen molar-refractivity contribution in [2.24, 2.45) is 0 Å². The van der Waals surface area contributed by atoms with Gasteiger partial charge in [-0.15, -0.1) is 0 Å². The van der Waals surface area contributed by atoms with Gasteiger partial charge in [0.1, 0.15) is 11.3 Å². The molecule has 0 aliphatic carbocycles. The number of hydrogen-bond acceptors (Lipinski definition) is 4. The van der Waals surface area contributed by atoms with Crippen molar-refractivity contribution in [1.82, 2.24) is 20.0 Å². The second-order valence-corrected chi connectivity index (χ2v) is 6.40. The van der Waals surface area contributed by atoms with Crippen LogP contribution in [0.15, 0.2) is 0 Å². The third-order valence-electron chi connectivity index (χ3n) is 3.58. The van der Waals surface area contributed by atoms with E-state index >= 15 is 0 Å². The predicted molar refractivity (Wildman–Crippen MR) is 74.9 cm³/mol. The van der Waals surface area contributed by atoms with Crippen LogP contribution in [0.3, 0.4) is 0 Å². The van der Waals surface area contributed by atoms with Crippen molar-refractivity contribution >= 4 is 12.0 Å². The third-order valence-corrected chi connectivity index (χ3v) is 3.58. The van der Waals surface area contributed by atoms with Gasteiger partial charge in [-0.05, 0) is 20.8 Å². The van der Waals surface area contributed by atoms with Crippen LogP contribution in [0.1, 0.15) is 42.5 Å². The first kappa shape index (κ1) is 13.9. The molecule has 0 bridgehead atoms. The van der Waals surface area contributed by atoms with Gasteiger partial charge in [-0.3, -0.25) is 9.48 Å². The summed E-state index contributed by atoms with van der Waals surface area (Å²) >= 11 is 0. The second kappa shape index (κ2) is 4.75. The smallest absolute Gasteiger partial charge is 0.410 e. The fraction of sp³-hybridized carbons (Fsp3) is 0.643. The van der Waals surface area contributed by atoms with Crippen molar-refractivity contribution in [1.29, 1.82) is 0 Å². The number of carbonyl (C=O) groups is 2. The Morgan fingerprint density at radius 1 is 1.33 bits per heavy atom. The highest BCUT2D eigenvalue weighted by Gasteiger charge is 2.33. The van der Waals surface area contributed by atoms with E-state index in [4.69, 9.17) is 4.74 Å². The van der Waals surface area contributed by atoms with Crippen molar-refractivity contribution in [3.8, 4) is 0 Å². The van der Waals surface area contributed by atoms with E-state index in [1.54, 1.807) is 9.58 Å². The molecule has 0 aromatic carbocycles. The van der Waals surface area contributed by atoms with Crippen LogP contribution in [0, 0.1) is 0 Å². The number of rotatable bonds is 0. The molecule has 114 valence electrons. The summed E-state index contributed by atoms with van der Waals surface area (Å²) in [5.41, 5.74) is 1.84. The van der Waals surface area contributed by atoms with Gasteiger partial charge in [0, 0.05) is 25.1 Å². The number of hydrogen-bond donors (Lipinski definition) is 1. The summed E-state index contributed by atoms with van der Waals surface area (Å²) < 4.78 is 7.15. The Labute approximate surface area is 123 Å². The minimum Gasteiger partial charge on any atom is -0.444 e. The minimum atomic E-state index is -0.521. The monoisotopic (exact) mass is 292 g/mol. The summed E-state index contributed by atoms with van der Waals surface area (Å²) in [5, 5.41) is 7.31. The molecule has 3 rings (SSSR count). The zero-order chi connectivity index (χ0) is 15.2. The Balaban J connectivity index is 1.84. The van der Waals surface area contributed by atoms with Gasteiger partial charge < -0.3 is 15.0 Å². The van der Waals surface area contributed by atoms with E-state index in [1.807, 2.05) is 20.8 Å². The molecule has 0 unspecified atom stereocenters. The molecule has 1 N–H and O–H groups in total. The molecule has 1 aromatic heterocycles. The lowest BCUT2D eigenvalue weighted by Gasteiger charge is -2.30. The molecule has 21 heavy (non-hydrogen) atoms. The van der Waals surface area contributed by atoms with E-state index in [2.05, 4.69) is 10.4 Å². The second-order valence-electron chi connectivity index (χ2n) is 6.40. The molecular weight excluding hydrogens is 272 g/mol. The van der Waals surface area contributed by atoms with E-state index in [9.17, 15) is 9.59 Å². The van der Waals surface area contributed by atoms with Crippen LogP contribution in [0.4, 0.5) is 4.79 Å². The van der Waals surface area contributed by atoms with Gasteiger partial charge in [0.25, 0.3) is 5.91 Å². The molecule has 0 saturated carbocycles. The fourth-order valence-electron chi connectivity index (χ4n) is 2.68. The molecule has 0 atom stereocenters. The molecule has 2 aliphatic heterocycles. The first-order chi connectivity index (χ1) is 9.85. The van der Waals surface area contributed by atoms with Gasteiger partial charge >= 0.3 is 6.09 Å². The summed E-state index contributed by atoms with van der Waals surface area (Å²) in [6.07, 6.45) is 0.311. The highest BCUT2D eigenvalue weighted by atomic mass is 16.6. The van der Waals surface area contributed by atoms with E-state index in [0.29, 0.717) is 38.3 Å². The quantitative estimate of drug-likeness (QED) is 0.771. The molecule has 2 aliphatic rings. The summed E-state index contributed by atoms with van der Waals surface area (Å²) in [6, 6.07) is 0. The number of fused-ring (bicyclic) bond motifs is 3. The zero-order valence-electron chi connectivity index (χ0n) is 12.6. The van der Waals surface area contributed by atoms with Crippen LogP contribution >= 0.6 is 0 Å². The number of amides is 2. The third kappa shape index (κ3) is 2.59. The van der Waals surface area contributed by atoms with E-state index < -0.39 is 5.60 Å². The van der Waals surface area contributed by atoms with Crippen molar-refractivity contribution < 1.29 is 14.3 Å². The Morgan fingerprint density at radius 3 is 2.81 bits per heavy atom. The number of nitrogens with zero attached hydrogens (tertiary/aromatic N) is 3. The lowest BCUT2D eigenvalue weighted by molar-refractivity contribution is 0.0222. The fourth-order valence-corrected chi connectivity index (χ4v) is 2.68. The first-order valence-electron chi connectivity index (χ1n) is 7.20. The number of carbonyl (C=O) groups excluding carboxylic acids is 2.